The second-order valence-electron chi connectivity index (χ2n) is 5.15. The van der Waals surface area contributed by atoms with Crippen LogP contribution in [0.5, 0.6) is 5.75 Å². The van der Waals surface area contributed by atoms with E-state index in [2.05, 4.69) is 18.8 Å². The maximum absolute atomic E-state index is 10.1. The highest BCUT2D eigenvalue weighted by atomic mass is 16.5. The van der Waals surface area contributed by atoms with Gasteiger partial charge in [-0.15, -0.1) is 0 Å². The Morgan fingerprint density at radius 2 is 2.06 bits per heavy atom. The first-order valence-electron chi connectivity index (χ1n) is 6.66. The zero-order chi connectivity index (χ0) is 13.7. The fourth-order valence-electron chi connectivity index (χ4n) is 2.21. The van der Waals surface area contributed by atoms with Gasteiger partial charge >= 0.3 is 0 Å². The van der Waals surface area contributed by atoms with E-state index in [0.717, 1.165) is 35.4 Å². The number of aryl methyl sites for hydroxylation is 1. The topological polar surface area (TPSA) is 42.4 Å². The number of rotatable bonds is 6. The lowest BCUT2D eigenvalue weighted by atomic mass is 9.97. The summed E-state index contributed by atoms with van der Waals surface area (Å²) in [7, 11) is 1.68. The fourth-order valence-corrected chi connectivity index (χ4v) is 2.21. The molecule has 1 N–H and O–H groups in total. The maximum atomic E-state index is 10.1. The van der Waals surface area contributed by atoms with Crippen LogP contribution in [-0.4, -0.2) is 23.3 Å². The molecule has 0 aliphatic heterocycles. The SMILES string of the molecule is CCC(C)CC(O)Cc1ncc(C)c(OC)c1C. The van der Waals surface area contributed by atoms with E-state index in [1.807, 2.05) is 20.0 Å². The Bertz CT molecular complexity index is 390. The zero-order valence-corrected chi connectivity index (χ0v) is 12.2. The molecule has 102 valence electrons. The number of hydrogen-bond acceptors (Lipinski definition) is 3. The van der Waals surface area contributed by atoms with Gasteiger partial charge in [-0.25, -0.2) is 0 Å². The summed E-state index contributed by atoms with van der Waals surface area (Å²) in [5, 5.41) is 10.1. The van der Waals surface area contributed by atoms with Gasteiger partial charge in [0.2, 0.25) is 0 Å². The number of aliphatic hydroxyl groups is 1. The predicted octanol–water partition coefficient (Wildman–Crippen LogP) is 3.05. The molecular formula is C15H25NO2. The normalized spacial score (nSPS) is 14.3. The lowest BCUT2D eigenvalue weighted by Gasteiger charge is -2.17. The highest BCUT2D eigenvalue weighted by molar-refractivity contribution is 5.41. The molecule has 0 fully saturated rings. The molecule has 0 radical (unpaired) electrons. The first kappa shape index (κ1) is 15.0. The molecule has 0 saturated carbocycles. The molecule has 3 nitrogen and oxygen atoms in total. The maximum Gasteiger partial charge on any atom is 0.128 e. The third-order valence-electron chi connectivity index (χ3n) is 3.55. The summed E-state index contributed by atoms with van der Waals surface area (Å²) < 4.78 is 5.38. The Kier molecular flexibility index (Phi) is 5.60. The average molecular weight is 251 g/mol. The number of hydrogen-bond donors (Lipinski definition) is 1. The van der Waals surface area contributed by atoms with Crippen molar-refractivity contribution in [3.8, 4) is 5.75 Å². The molecule has 3 heteroatoms. The molecule has 18 heavy (non-hydrogen) atoms. The summed E-state index contributed by atoms with van der Waals surface area (Å²) in [4.78, 5) is 4.42. The largest absolute Gasteiger partial charge is 0.496 e. The molecule has 1 aromatic rings. The lowest BCUT2D eigenvalue weighted by Crippen LogP contribution is -2.16. The molecule has 0 saturated heterocycles. The van der Waals surface area contributed by atoms with Crippen LogP contribution in [0.2, 0.25) is 0 Å². The van der Waals surface area contributed by atoms with Gasteiger partial charge in [-0.2, -0.15) is 0 Å². The molecule has 1 aromatic heterocycles. The predicted molar refractivity (Wildman–Crippen MR) is 74.0 cm³/mol. The Labute approximate surface area is 110 Å². The van der Waals surface area contributed by atoms with E-state index in [4.69, 9.17) is 4.74 Å². The average Bonchev–Trinajstić information content (AvgIpc) is 2.33. The van der Waals surface area contributed by atoms with Crippen LogP contribution < -0.4 is 4.74 Å². The Morgan fingerprint density at radius 3 is 2.61 bits per heavy atom. The Morgan fingerprint density at radius 1 is 1.39 bits per heavy atom. The minimum absolute atomic E-state index is 0.321. The highest BCUT2D eigenvalue weighted by Gasteiger charge is 2.15. The van der Waals surface area contributed by atoms with Gasteiger partial charge in [0, 0.05) is 29.4 Å². The van der Waals surface area contributed by atoms with Gasteiger partial charge in [0.25, 0.3) is 0 Å². The summed E-state index contributed by atoms with van der Waals surface area (Å²) in [6.45, 7) is 8.30. The van der Waals surface area contributed by atoms with Crippen molar-refractivity contribution < 1.29 is 9.84 Å². The van der Waals surface area contributed by atoms with Gasteiger partial charge in [0.15, 0.2) is 0 Å². The second kappa shape index (κ2) is 6.74. The number of nitrogens with zero attached hydrogens (tertiary/aromatic N) is 1. The number of pyridine rings is 1. The van der Waals surface area contributed by atoms with Gasteiger partial charge in [-0.3, -0.25) is 4.98 Å². The monoisotopic (exact) mass is 251 g/mol. The number of methoxy groups -OCH3 is 1. The highest BCUT2D eigenvalue weighted by Crippen LogP contribution is 2.25. The van der Waals surface area contributed by atoms with Crippen molar-refractivity contribution in [2.45, 2.75) is 53.1 Å². The number of aliphatic hydroxyl groups excluding tert-OH is 1. The minimum atomic E-state index is -0.321. The van der Waals surface area contributed by atoms with Crippen LogP contribution in [-0.2, 0) is 6.42 Å². The third-order valence-corrected chi connectivity index (χ3v) is 3.55. The van der Waals surface area contributed by atoms with Crippen molar-refractivity contribution in [2.75, 3.05) is 7.11 Å². The molecule has 0 amide bonds. The van der Waals surface area contributed by atoms with Crippen LogP contribution in [0.15, 0.2) is 6.20 Å². The minimum Gasteiger partial charge on any atom is -0.496 e. The summed E-state index contributed by atoms with van der Waals surface area (Å²) in [6.07, 6.45) is 4.02. The second-order valence-corrected chi connectivity index (χ2v) is 5.15. The van der Waals surface area contributed by atoms with Gasteiger partial charge < -0.3 is 9.84 Å². The molecule has 0 aliphatic rings. The van der Waals surface area contributed by atoms with Crippen LogP contribution in [0.1, 0.15) is 43.5 Å². The van der Waals surface area contributed by atoms with E-state index in [0.29, 0.717) is 12.3 Å². The van der Waals surface area contributed by atoms with E-state index in [1.54, 1.807) is 7.11 Å². The van der Waals surface area contributed by atoms with E-state index in [9.17, 15) is 5.11 Å². The molecule has 2 atom stereocenters. The zero-order valence-electron chi connectivity index (χ0n) is 12.2. The van der Waals surface area contributed by atoms with Crippen molar-refractivity contribution in [3.05, 3.63) is 23.0 Å². The summed E-state index contributed by atoms with van der Waals surface area (Å²) in [5.41, 5.74) is 3.02. The third kappa shape index (κ3) is 3.70. The van der Waals surface area contributed by atoms with Crippen LogP contribution in [0.3, 0.4) is 0 Å². The van der Waals surface area contributed by atoms with E-state index < -0.39 is 0 Å². The van der Waals surface area contributed by atoms with Crippen molar-refractivity contribution in [3.63, 3.8) is 0 Å². The quantitative estimate of drug-likeness (QED) is 0.845. The van der Waals surface area contributed by atoms with Crippen molar-refractivity contribution in [1.82, 2.24) is 4.98 Å². The van der Waals surface area contributed by atoms with E-state index in [-0.39, 0.29) is 6.10 Å². The molecule has 0 aromatic carbocycles. The van der Waals surface area contributed by atoms with Crippen LogP contribution in [0.4, 0.5) is 0 Å². The molecule has 0 spiro atoms. The van der Waals surface area contributed by atoms with Gasteiger partial charge in [0.1, 0.15) is 5.75 Å². The molecule has 0 aliphatic carbocycles. The first-order chi connectivity index (χ1) is 8.49. The van der Waals surface area contributed by atoms with Gasteiger partial charge in [-0.1, -0.05) is 20.3 Å². The van der Waals surface area contributed by atoms with Crippen LogP contribution >= 0.6 is 0 Å². The van der Waals surface area contributed by atoms with Crippen molar-refractivity contribution in [1.29, 1.82) is 0 Å². The number of ether oxygens (including phenoxy) is 1. The fraction of sp³-hybridized carbons (Fsp3) is 0.667. The molecule has 2 unspecified atom stereocenters. The first-order valence-corrected chi connectivity index (χ1v) is 6.66. The van der Waals surface area contributed by atoms with Crippen LogP contribution in [0.25, 0.3) is 0 Å². The smallest absolute Gasteiger partial charge is 0.128 e. The summed E-state index contributed by atoms with van der Waals surface area (Å²) in [6, 6.07) is 0. The van der Waals surface area contributed by atoms with Crippen molar-refractivity contribution in [2.24, 2.45) is 5.92 Å². The van der Waals surface area contributed by atoms with Crippen molar-refractivity contribution >= 4 is 0 Å². The molecule has 1 heterocycles. The number of aromatic nitrogens is 1. The molecule has 0 bridgehead atoms. The van der Waals surface area contributed by atoms with E-state index >= 15 is 0 Å². The lowest BCUT2D eigenvalue weighted by molar-refractivity contribution is 0.143. The standard InChI is InChI=1S/C15H25NO2/c1-6-10(2)7-13(17)8-14-12(4)15(18-5)11(3)9-16-14/h9-10,13,17H,6-8H2,1-5H3. The van der Waals surface area contributed by atoms with Gasteiger partial charge in [0.05, 0.1) is 13.2 Å². The Balaban J connectivity index is 2.79. The Hall–Kier alpha value is -1.09. The van der Waals surface area contributed by atoms with E-state index in [1.165, 1.54) is 0 Å². The summed E-state index contributed by atoms with van der Waals surface area (Å²) >= 11 is 0. The summed E-state index contributed by atoms with van der Waals surface area (Å²) in [5.74, 6) is 1.43. The molecular weight excluding hydrogens is 226 g/mol. The van der Waals surface area contributed by atoms with Crippen LogP contribution in [0, 0.1) is 19.8 Å². The van der Waals surface area contributed by atoms with Gasteiger partial charge in [-0.05, 0) is 26.2 Å². The molecule has 1 rings (SSSR count).